The second kappa shape index (κ2) is 4.94. The number of anilines is 1. The summed E-state index contributed by atoms with van der Waals surface area (Å²) in [6, 6.07) is 14.5. The molecule has 0 aromatic heterocycles. The molecule has 0 saturated carbocycles. The lowest BCUT2D eigenvalue weighted by Gasteiger charge is -2.20. The third-order valence-corrected chi connectivity index (χ3v) is 4.13. The summed E-state index contributed by atoms with van der Waals surface area (Å²) in [6.45, 7) is 4.14. The molecule has 0 aliphatic carbocycles. The van der Waals surface area contributed by atoms with Gasteiger partial charge < -0.3 is 4.90 Å². The highest BCUT2D eigenvalue weighted by Crippen LogP contribution is 2.43. The number of carbonyl (C=O) groups excluding carboxylic acids is 1. The minimum Gasteiger partial charge on any atom is -0.307 e. The Morgan fingerprint density at radius 2 is 1.82 bits per heavy atom. The van der Waals surface area contributed by atoms with Crippen molar-refractivity contribution >= 4 is 17.3 Å². The average Bonchev–Trinajstić information content (AvgIpc) is 2.69. The normalized spacial score (nSPS) is 15.7. The van der Waals surface area contributed by atoms with E-state index in [9.17, 15) is 9.70 Å². The van der Waals surface area contributed by atoms with Crippen LogP contribution in [0.4, 0.5) is 11.4 Å². The summed E-state index contributed by atoms with van der Waals surface area (Å²) >= 11 is 0. The van der Waals surface area contributed by atoms with Crippen LogP contribution in [0.25, 0.3) is 0 Å². The van der Waals surface area contributed by atoms with E-state index >= 15 is 0 Å². The van der Waals surface area contributed by atoms with Crippen molar-refractivity contribution in [2.45, 2.75) is 25.8 Å². The molecule has 5 nitrogen and oxygen atoms in total. The zero-order valence-corrected chi connectivity index (χ0v) is 12.5. The van der Waals surface area contributed by atoms with Gasteiger partial charge in [-0.3, -0.25) is 4.79 Å². The molecule has 112 valence electrons. The molecule has 1 amide bonds. The van der Waals surface area contributed by atoms with Gasteiger partial charge in [-0.05, 0) is 31.0 Å². The monoisotopic (exact) mass is 297 g/mol. The van der Waals surface area contributed by atoms with Crippen LogP contribution >= 0.6 is 0 Å². The number of hydrogen-bond donors (Lipinski definition) is 1. The number of carbonyl (C=O) groups is 1. The van der Waals surface area contributed by atoms with Crippen molar-refractivity contribution in [3.8, 4) is 0 Å². The van der Waals surface area contributed by atoms with E-state index < -0.39 is 5.41 Å². The zero-order valence-electron chi connectivity index (χ0n) is 12.5. The van der Waals surface area contributed by atoms with Gasteiger partial charge in [-0.2, -0.15) is 0 Å². The standard InChI is InChI=1S/C17H17N2O3/c1-17(2)14-10-13(19(21)22)8-9-15(14)18(16(17)20)11-12-6-4-3-5-7-12/h3-10H,11H2,1-2H3,(H,21,22)/q+1. The second-order valence-corrected chi connectivity index (χ2v) is 5.98. The maximum Gasteiger partial charge on any atom is 0.317 e. The van der Waals surface area contributed by atoms with Crippen LogP contribution in [0.3, 0.4) is 0 Å². The van der Waals surface area contributed by atoms with E-state index in [1.165, 1.54) is 6.07 Å². The smallest absolute Gasteiger partial charge is 0.307 e. The molecule has 1 aliphatic rings. The Morgan fingerprint density at radius 3 is 2.45 bits per heavy atom. The van der Waals surface area contributed by atoms with E-state index in [-0.39, 0.29) is 16.5 Å². The Hall–Kier alpha value is -2.69. The molecule has 1 N–H and O–H groups in total. The SMILES string of the molecule is CC1(C)C(=O)N(Cc2ccccc2)c2ccc([N+](=O)O)cc21. The van der Waals surface area contributed by atoms with Crippen molar-refractivity contribution in [2.24, 2.45) is 0 Å². The minimum atomic E-state index is -0.726. The molecule has 2 aromatic carbocycles. The van der Waals surface area contributed by atoms with E-state index in [0.29, 0.717) is 6.54 Å². The molecule has 0 radical (unpaired) electrons. The summed E-state index contributed by atoms with van der Waals surface area (Å²) in [5, 5.41) is 9.07. The lowest BCUT2D eigenvalue weighted by Crippen LogP contribution is -2.35. The van der Waals surface area contributed by atoms with E-state index in [2.05, 4.69) is 0 Å². The van der Waals surface area contributed by atoms with Gasteiger partial charge in [0.05, 0.1) is 16.9 Å². The van der Waals surface area contributed by atoms with Crippen LogP contribution in [-0.4, -0.2) is 16.0 Å². The largest absolute Gasteiger partial charge is 0.317 e. The second-order valence-electron chi connectivity index (χ2n) is 5.98. The Morgan fingerprint density at radius 1 is 1.14 bits per heavy atom. The van der Waals surface area contributed by atoms with E-state index in [0.717, 1.165) is 16.8 Å². The molecule has 0 fully saturated rings. The highest BCUT2D eigenvalue weighted by molar-refractivity contribution is 6.07. The van der Waals surface area contributed by atoms with Crippen LogP contribution in [0.1, 0.15) is 25.0 Å². The van der Waals surface area contributed by atoms with Gasteiger partial charge in [0, 0.05) is 17.8 Å². The fourth-order valence-corrected chi connectivity index (χ4v) is 2.86. The Bertz CT molecular complexity index is 754. The quantitative estimate of drug-likeness (QED) is 0.884. The maximum atomic E-state index is 12.7. The maximum absolute atomic E-state index is 12.7. The molecule has 1 aliphatic heterocycles. The Balaban J connectivity index is 2.05. The molecule has 0 atom stereocenters. The number of hydrogen-bond acceptors (Lipinski definition) is 2. The first-order chi connectivity index (χ1) is 10.4. The third kappa shape index (κ3) is 2.15. The van der Waals surface area contributed by atoms with E-state index in [1.807, 2.05) is 44.2 Å². The van der Waals surface area contributed by atoms with Gasteiger partial charge in [0.15, 0.2) is 0 Å². The summed E-state index contributed by atoms with van der Waals surface area (Å²) in [4.78, 5) is 25.4. The van der Waals surface area contributed by atoms with Gasteiger partial charge in [0.1, 0.15) is 0 Å². The summed E-state index contributed by atoms with van der Waals surface area (Å²) in [6.07, 6.45) is 0. The molecule has 0 spiro atoms. The number of benzene rings is 2. The first-order valence-corrected chi connectivity index (χ1v) is 7.08. The first-order valence-electron chi connectivity index (χ1n) is 7.08. The predicted molar refractivity (Wildman–Crippen MR) is 82.2 cm³/mol. The predicted octanol–water partition coefficient (Wildman–Crippen LogP) is 3.31. The van der Waals surface area contributed by atoms with Gasteiger partial charge in [0.25, 0.3) is 4.92 Å². The highest BCUT2D eigenvalue weighted by Gasteiger charge is 2.44. The van der Waals surface area contributed by atoms with Crippen LogP contribution in [0.5, 0.6) is 0 Å². The highest BCUT2D eigenvalue weighted by atomic mass is 16.6. The topological polar surface area (TPSA) is 60.6 Å². The molecular formula is C17H17N2O3+. The van der Waals surface area contributed by atoms with Crippen molar-refractivity contribution in [2.75, 3.05) is 4.90 Å². The van der Waals surface area contributed by atoms with Crippen LogP contribution < -0.4 is 4.90 Å². The fraction of sp³-hybridized carbons (Fsp3) is 0.235. The molecule has 0 unspecified atom stereocenters. The average molecular weight is 297 g/mol. The molecule has 2 aromatic rings. The summed E-state index contributed by atoms with van der Waals surface area (Å²) in [5.41, 5.74) is 1.97. The summed E-state index contributed by atoms with van der Waals surface area (Å²) < 4.78 is 0. The summed E-state index contributed by atoms with van der Waals surface area (Å²) in [5.74, 6) is -0.0149. The van der Waals surface area contributed by atoms with Gasteiger partial charge in [-0.1, -0.05) is 30.3 Å². The number of rotatable bonds is 3. The van der Waals surface area contributed by atoms with Crippen LogP contribution in [0.2, 0.25) is 0 Å². The fourth-order valence-electron chi connectivity index (χ4n) is 2.86. The Kier molecular flexibility index (Phi) is 3.20. The van der Waals surface area contributed by atoms with Gasteiger partial charge >= 0.3 is 5.69 Å². The molecule has 22 heavy (non-hydrogen) atoms. The molecular weight excluding hydrogens is 280 g/mol. The number of nitrogens with zero attached hydrogens (tertiary/aromatic N) is 2. The molecule has 3 rings (SSSR count). The van der Waals surface area contributed by atoms with Crippen molar-refractivity contribution in [3.05, 3.63) is 64.6 Å². The third-order valence-electron chi connectivity index (χ3n) is 4.13. The molecule has 1 heterocycles. The summed E-state index contributed by atoms with van der Waals surface area (Å²) in [7, 11) is 0. The molecule has 0 bridgehead atoms. The van der Waals surface area contributed by atoms with Crippen molar-refractivity contribution in [3.63, 3.8) is 0 Å². The van der Waals surface area contributed by atoms with Crippen LogP contribution in [0.15, 0.2) is 48.5 Å². The van der Waals surface area contributed by atoms with Crippen molar-refractivity contribution in [1.82, 2.24) is 0 Å². The van der Waals surface area contributed by atoms with E-state index in [4.69, 9.17) is 5.21 Å². The van der Waals surface area contributed by atoms with Crippen LogP contribution in [0, 0.1) is 4.91 Å². The van der Waals surface area contributed by atoms with E-state index in [1.54, 1.807) is 17.0 Å². The van der Waals surface area contributed by atoms with Gasteiger partial charge in [-0.25, -0.2) is 5.21 Å². The number of amides is 1. The lowest BCUT2D eigenvalue weighted by molar-refractivity contribution is -0.729. The van der Waals surface area contributed by atoms with Gasteiger partial charge in [-0.15, -0.1) is 0 Å². The van der Waals surface area contributed by atoms with Gasteiger partial charge in [0.2, 0.25) is 5.91 Å². The van der Waals surface area contributed by atoms with Crippen LogP contribution in [-0.2, 0) is 16.8 Å². The molecule has 5 heteroatoms. The van der Waals surface area contributed by atoms with Crippen molar-refractivity contribution < 1.29 is 14.9 Å². The first kappa shape index (κ1) is 14.3. The van der Waals surface area contributed by atoms with Crippen molar-refractivity contribution in [1.29, 1.82) is 0 Å². The number of fused-ring (bicyclic) bond motifs is 1. The molecule has 0 saturated heterocycles. The minimum absolute atomic E-state index is 0.0149. The zero-order chi connectivity index (χ0) is 15.9. The Labute approximate surface area is 128 Å². The lowest BCUT2D eigenvalue weighted by atomic mass is 9.86.